The molecule has 5 heteroatoms. The zero-order valence-electron chi connectivity index (χ0n) is 8.84. The Hall–Kier alpha value is -0.960. The van der Waals surface area contributed by atoms with Gasteiger partial charge in [-0.2, -0.15) is 0 Å². The van der Waals surface area contributed by atoms with E-state index in [0.717, 1.165) is 5.69 Å². The molecule has 0 radical (unpaired) electrons. The molecule has 88 valence electrons. The predicted molar refractivity (Wildman–Crippen MR) is 71.1 cm³/mol. The van der Waals surface area contributed by atoms with E-state index in [9.17, 15) is 5.11 Å². The average molecular weight is 289 g/mol. The molecule has 0 atom stereocenters. The molecule has 0 aliphatic heterocycles. The number of rotatable bonds is 1. The first kappa shape index (κ1) is 12.5. The van der Waals surface area contributed by atoms with Gasteiger partial charge in [-0.25, -0.2) is 4.98 Å². The van der Waals surface area contributed by atoms with E-state index < -0.39 is 0 Å². The summed E-state index contributed by atoms with van der Waals surface area (Å²) in [5.41, 5.74) is 1.54. The molecule has 0 unspecified atom stereocenters. The van der Waals surface area contributed by atoms with E-state index in [0.29, 0.717) is 21.3 Å². The topological polar surface area (TPSA) is 33.1 Å². The Morgan fingerprint density at radius 3 is 2.35 bits per heavy atom. The van der Waals surface area contributed by atoms with Crippen LogP contribution in [0, 0.1) is 6.92 Å². The maximum Gasteiger partial charge on any atom is 0.141 e. The van der Waals surface area contributed by atoms with Crippen molar-refractivity contribution < 1.29 is 5.11 Å². The average Bonchev–Trinajstić information content (AvgIpc) is 2.29. The zero-order chi connectivity index (χ0) is 12.6. The van der Waals surface area contributed by atoms with Crippen molar-refractivity contribution in [1.29, 1.82) is 0 Å². The van der Waals surface area contributed by atoms with Crippen molar-refractivity contribution in [3.63, 3.8) is 0 Å². The fourth-order valence-corrected chi connectivity index (χ4v) is 2.18. The lowest BCUT2D eigenvalue weighted by atomic mass is 10.1. The third-order valence-electron chi connectivity index (χ3n) is 2.29. The van der Waals surface area contributed by atoms with Crippen LogP contribution in [0.1, 0.15) is 5.69 Å². The van der Waals surface area contributed by atoms with Gasteiger partial charge in [-0.3, -0.25) is 0 Å². The summed E-state index contributed by atoms with van der Waals surface area (Å²) in [6.07, 6.45) is 0. The van der Waals surface area contributed by atoms with Crippen LogP contribution in [0.4, 0.5) is 0 Å². The minimum atomic E-state index is 0.0154. The van der Waals surface area contributed by atoms with Crippen molar-refractivity contribution >= 4 is 34.8 Å². The minimum Gasteiger partial charge on any atom is -0.506 e. The highest BCUT2D eigenvalue weighted by molar-refractivity contribution is 6.46. The molecule has 1 heterocycles. The summed E-state index contributed by atoms with van der Waals surface area (Å²) in [4.78, 5) is 4.23. The Balaban J connectivity index is 2.76. The third-order valence-corrected chi connectivity index (χ3v) is 3.41. The van der Waals surface area contributed by atoms with Crippen LogP contribution in [0.5, 0.6) is 5.75 Å². The SMILES string of the molecule is Cc1ccc(O)c(-c2c(Cl)ccc(Cl)c2Cl)n1. The summed E-state index contributed by atoms with van der Waals surface area (Å²) in [5, 5.41) is 10.9. The zero-order valence-corrected chi connectivity index (χ0v) is 11.1. The van der Waals surface area contributed by atoms with Crippen molar-refractivity contribution in [2.75, 3.05) is 0 Å². The normalized spacial score (nSPS) is 10.6. The smallest absolute Gasteiger partial charge is 0.141 e. The molecule has 0 saturated heterocycles. The Morgan fingerprint density at radius 1 is 1.00 bits per heavy atom. The summed E-state index contributed by atoms with van der Waals surface area (Å²) < 4.78 is 0. The van der Waals surface area contributed by atoms with Crippen molar-refractivity contribution in [2.45, 2.75) is 6.92 Å². The Morgan fingerprint density at radius 2 is 1.65 bits per heavy atom. The molecule has 17 heavy (non-hydrogen) atoms. The maximum atomic E-state index is 9.81. The molecule has 0 aliphatic rings. The quantitative estimate of drug-likeness (QED) is 0.770. The van der Waals surface area contributed by atoms with Crippen molar-refractivity contribution in [3.8, 4) is 17.0 Å². The van der Waals surface area contributed by atoms with E-state index in [1.807, 2.05) is 6.92 Å². The summed E-state index contributed by atoms with van der Waals surface area (Å²) in [6, 6.07) is 6.47. The van der Waals surface area contributed by atoms with Gasteiger partial charge in [-0.05, 0) is 31.2 Å². The second-order valence-electron chi connectivity index (χ2n) is 3.54. The minimum absolute atomic E-state index is 0.0154. The maximum absolute atomic E-state index is 9.81. The molecule has 0 amide bonds. The predicted octanol–water partition coefficient (Wildman–Crippen LogP) is 4.72. The number of nitrogens with zero attached hydrogens (tertiary/aromatic N) is 1. The first-order valence-electron chi connectivity index (χ1n) is 4.81. The molecule has 0 aliphatic carbocycles. The van der Waals surface area contributed by atoms with Gasteiger partial charge < -0.3 is 5.11 Å². The fraction of sp³-hybridized carbons (Fsp3) is 0.0833. The van der Waals surface area contributed by atoms with Gasteiger partial charge in [0, 0.05) is 11.3 Å². The molecule has 0 bridgehead atoms. The molecule has 2 aromatic rings. The van der Waals surface area contributed by atoms with Crippen LogP contribution >= 0.6 is 34.8 Å². The molecule has 0 saturated carbocycles. The van der Waals surface area contributed by atoms with E-state index in [-0.39, 0.29) is 10.8 Å². The second kappa shape index (κ2) is 4.73. The van der Waals surface area contributed by atoms with Gasteiger partial charge in [-0.15, -0.1) is 0 Å². The van der Waals surface area contributed by atoms with Crippen molar-refractivity contribution in [2.24, 2.45) is 0 Å². The van der Waals surface area contributed by atoms with Crippen LogP contribution in [-0.2, 0) is 0 Å². The molecule has 1 N–H and O–H groups in total. The molecule has 0 fully saturated rings. The number of halogens is 3. The Labute approximate surface area is 114 Å². The molecular weight excluding hydrogens is 280 g/mol. The van der Waals surface area contributed by atoms with Crippen molar-refractivity contribution in [3.05, 3.63) is 45.0 Å². The summed E-state index contributed by atoms with van der Waals surface area (Å²) in [7, 11) is 0. The molecule has 1 aromatic carbocycles. The highest BCUT2D eigenvalue weighted by atomic mass is 35.5. The summed E-state index contributed by atoms with van der Waals surface area (Å²) >= 11 is 18.1. The first-order valence-corrected chi connectivity index (χ1v) is 5.94. The lowest BCUT2D eigenvalue weighted by Crippen LogP contribution is -1.90. The standard InChI is InChI=1S/C12H8Cl3NO/c1-6-2-5-9(17)12(16-6)10-7(13)3-4-8(14)11(10)15/h2-5,17H,1H3. The number of hydrogen-bond donors (Lipinski definition) is 1. The van der Waals surface area contributed by atoms with E-state index in [1.54, 1.807) is 24.3 Å². The number of pyridine rings is 1. The summed E-state index contributed by atoms with van der Waals surface area (Å²) in [6.45, 7) is 1.81. The molecular formula is C12H8Cl3NO. The van der Waals surface area contributed by atoms with Crippen LogP contribution in [0.25, 0.3) is 11.3 Å². The molecule has 0 spiro atoms. The lowest BCUT2D eigenvalue weighted by Gasteiger charge is -2.10. The monoisotopic (exact) mass is 287 g/mol. The van der Waals surface area contributed by atoms with E-state index >= 15 is 0 Å². The fourth-order valence-electron chi connectivity index (χ4n) is 1.48. The van der Waals surface area contributed by atoms with Crippen molar-refractivity contribution in [1.82, 2.24) is 4.98 Å². The van der Waals surface area contributed by atoms with Gasteiger partial charge in [0.05, 0.1) is 15.1 Å². The van der Waals surface area contributed by atoms with Gasteiger partial charge in [0.1, 0.15) is 11.4 Å². The van der Waals surface area contributed by atoms with Crippen LogP contribution in [0.3, 0.4) is 0 Å². The first-order chi connectivity index (χ1) is 8.00. The number of aromatic hydroxyl groups is 1. The second-order valence-corrected chi connectivity index (χ2v) is 4.73. The number of benzene rings is 1. The largest absolute Gasteiger partial charge is 0.506 e. The molecule has 1 aromatic heterocycles. The van der Waals surface area contributed by atoms with Crippen LogP contribution in [0.2, 0.25) is 15.1 Å². The number of aromatic nitrogens is 1. The molecule has 2 nitrogen and oxygen atoms in total. The number of aryl methyl sites for hydroxylation is 1. The van der Waals surface area contributed by atoms with Crippen LogP contribution in [0.15, 0.2) is 24.3 Å². The highest BCUT2D eigenvalue weighted by Gasteiger charge is 2.16. The van der Waals surface area contributed by atoms with E-state index in [4.69, 9.17) is 34.8 Å². The van der Waals surface area contributed by atoms with Crippen LogP contribution in [-0.4, -0.2) is 10.1 Å². The lowest BCUT2D eigenvalue weighted by molar-refractivity contribution is 0.474. The summed E-state index contributed by atoms with van der Waals surface area (Å²) in [5.74, 6) is 0.0154. The Kier molecular flexibility index (Phi) is 3.48. The third kappa shape index (κ3) is 2.34. The molecule has 2 rings (SSSR count). The van der Waals surface area contributed by atoms with Gasteiger partial charge >= 0.3 is 0 Å². The van der Waals surface area contributed by atoms with E-state index in [1.165, 1.54) is 0 Å². The van der Waals surface area contributed by atoms with Gasteiger partial charge in [0.25, 0.3) is 0 Å². The highest BCUT2D eigenvalue weighted by Crippen LogP contribution is 2.41. The number of hydrogen-bond acceptors (Lipinski definition) is 2. The van der Waals surface area contributed by atoms with Gasteiger partial charge in [-0.1, -0.05) is 34.8 Å². The Bertz CT molecular complexity index is 584. The van der Waals surface area contributed by atoms with Gasteiger partial charge in [0.2, 0.25) is 0 Å². The van der Waals surface area contributed by atoms with Crippen LogP contribution < -0.4 is 0 Å². The van der Waals surface area contributed by atoms with Gasteiger partial charge in [0.15, 0.2) is 0 Å². The van der Waals surface area contributed by atoms with E-state index in [2.05, 4.69) is 4.98 Å².